The van der Waals surface area contributed by atoms with E-state index in [4.69, 9.17) is 10.5 Å². The maximum Gasteiger partial charge on any atom is 0.407 e. The molecule has 0 radical (unpaired) electrons. The monoisotopic (exact) mass is 319 g/mol. The van der Waals surface area contributed by atoms with E-state index in [0.29, 0.717) is 12.6 Å². The number of rotatable bonds is 7. The molecule has 1 aromatic rings. The zero-order valence-electron chi connectivity index (χ0n) is 13.7. The molecular formula is C17H25N3O3. The number of ether oxygens (including phenoxy) is 1. The predicted octanol–water partition coefficient (Wildman–Crippen LogP) is 1.54. The Morgan fingerprint density at radius 3 is 2.48 bits per heavy atom. The number of nitrogens with two attached hydrogens (primary N) is 1. The van der Waals surface area contributed by atoms with Gasteiger partial charge in [-0.1, -0.05) is 30.3 Å². The van der Waals surface area contributed by atoms with Crippen LogP contribution in [-0.4, -0.2) is 30.6 Å². The Morgan fingerprint density at radius 2 is 1.87 bits per heavy atom. The van der Waals surface area contributed by atoms with E-state index in [-0.39, 0.29) is 18.6 Å². The van der Waals surface area contributed by atoms with Crippen LogP contribution in [0.1, 0.15) is 32.3 Å². The smallest absolute Gasteiger partial charge is 0.407 e. The molecule has 0 saturated heterocycles. The lowest BCUT2D eigenvalue weighted by molar-refractivity contribution is -0.125. The van der Waals surface area contributed by atoms with Gasteiger partial charge in [0.2, 0.25) is 5.91 Å². The molecule has 1 aliphatic rings. The normalized spacial score (nSPS) is 20.4. The molecule has 126 valence electrons. The first-order chi connectivity index (χ1) is 10.9. The van der Waals surface area contributed by atoms with Crippen LogP contribution in [0.15, 0.2) is 30.3 Å². The fourth-order valence-corrected chi connectivity index (χ4v) is 2.32. The van der Waals surface area contributed by atoms with Gasteiger partial charge in [0.15, 0.2) is 0 Å². The number of hydrogen-bond donors (Lipinski definition) is 3. The lowest BCUT2D eigenvalue weighted by Gasteiger charge is -2.37. The highest BCUT2D eigenvalue weighted by atomic mass is 16.5. The first-order valence-electron chi connectivity index (χ1n) is 7.87. The van der Waals surface area contributed by atoms with Crippen molar-refractivity contribution in [2.75, 3.05) is 6.54 Å². The van der Waals surface area contributed by atoms with E-state index < -0.39 is 11.5 Å². The third kappa shape index (κ3) is 5.25. The zero-order chi connectivity index (χ0) is 16.9. The van der Waals surface area contributed by atoms with E-state index in [2.05, 4.69) is 10.6 Å². The Hall–Kier alpha value is -2.08. The number of benzene rings is 1. The Labute approximate surface area is 136 Å². The summed E-state index contributed by atoms with van der Waals surface area (Å²) in [6, 6.07) is 9.98. The summed E-state index contributed by atoms with van der Waals surface area (Å²) in [5.74, 6) is -0.316. The van der Waals surface area contributed by atoms with Gasteiger partial charge in [-0.05, 0) is 32.3 Å². The van der Waals surface area contributed by atoms with Crippen LogP contribution in [0.5, 0.6) is 0 Å². The Kier molecular flexibility index (Phi) is 5.60. The second-order valence-corrected chi connectivity index (χ2v) is 6.70. The number of carbonyl (C=O) groups excluding carboxylic acids is 2. The fraction of sp³-hybridized carbons (Fsp3) is 0.529. The van der Waals surface area contributed by atoms with Gasteiger partial charge < -0.3 is 21.1 Å². The molecule has 1 aromatic carbocycles. The van der Waals surface area contributed by atoms with E-state index >= 15 is 0 Å². The van der Waals surface area contributed by atoms with E-state index in [0.717, 1.165) is 18.4 Å². The molecule has 1 fully saturated rings. The van der Waals surface area contributed by atoms with Gasteiger partial charge in [0.1, 0.15) is 6.61 Å². The standard InChI is InChI=1S/C17H25N3O3/c1-17(2,15(18)21)11-19-13-8-14(9-13)20-16(22)23-10-12-6-4-3-5-7-12/h3-7,13-14,19H,8-11H2,1-2H3,(H2,18,21)(H,20,22). The van der Waals surface area contributed by atoms with Gasteiger partial charge >= 0.3 is 6.09 Å². The van der Waals surface area contributed by atoms with Gasteiger partial charge in [0.05, 0.1) is 5.41 Å². The van der Waals surface area contributed by atoms with E-state index in [9.17, 15) is 9.59 Å². The van der Waals surface area contributed by atoms with Crippen molar-refractivity contribution >= 4 is 12.0 Å². The van der Waals surface area contributed by atoms with Crippen molar-refractivity contribution in [3.05, 3.63) is 35.9 Å². The number of alkyl carbamates (subject to hydrolysis) is 1. The number of hydrogen-bond acceptors (Lipinski definition) is 4. The highest BCUT2D eigenvalue weighted by Crippen LogP contribution is 2.22. The molecule has 0 atom stereocenters. The summed E-state index contributed by atoms with van der Waals surface area (Å²) in [5, 5.41) is 6.15. The zero-order valence-corrected chi connectivity index (χ0v) is 13.7. The average molecular weight is 319 g/mol. The summed E-state index contributed by atoms with van der Waals surface area (Å²) in [5.41, 5.74) is 5.74. The first kappa shape index (κ1) is 17.3. The molecule has 0 bridgehead atoms. The fourth-order valence-electron chi connectivity index (χ4n) is 2.32. The minimum atomic E-state index is -0.562. The lowest BCUT2D eigenvalue weighted by Crippen LogP contribution is -2.54. The molecule has 4 N–H and O–H groups in total. The van der Waals surface area contributed by atoms with Gasteiger partial charge in [-0.15, -0.1) is 0 Å². The Bertz CT molecular complexity index is 539. The van der Waals surface area contributed by atoms with Crippen LogP contribution < -0.4 is 16.4 Å². The maximum atomic E-state index is 11.7. The van der Waals surface area contributed by atoms with Gasteiger partial charge in [-0.3, -0.25) is 4.79 Å². The van der Waals surface area contributed by atoms with Crippen molar-refractivity contribution in [2.45, 2.75) is 45.4 Å². The van der Waals surface area contributed by atoms with Crippen molar-refractivity contribution in [1.29, 1.82) is 0 Å². The Balaban J connectivity index is 1.60. The highest BCUT2D eigenvalue weighted by molar-refractivity contribution is 5.80. The predicted molar refractivity (Wildman–Crippen MR) is 87.6 cm³/mol. The molecule has 0 spiro atoms. The largest absolute Gasteiger partial charge is 0.445 e. The summed E-state index contributed by atoms with van der Waals surface area (Å²) in [6.07, 6.45) is 1.26. The summed E-state index contributed by atoms with van der Waals surface area (Å²) in [4.78, 5) is 23.0. The molecule has 2 rings (SSSR count). The summed E-state index contributed by atoms with van der Waals surface area (Å²) in [6.45, 7) is 4.45. The van der Waals surface area contributed by atoms with Gasteiger partial charge in [-0.2, -0.15) is 0 Å². The molecule has 6 nitrogen and oxygen atoms in total. The number of nitrogens with one attached hydrogen (secondary N) is 2. The molecule has 0 aliphatic heterocycles. The van der Waals surface area contributed by atoms with Crippen LogP contribution in [-0.2, 0) is 16.1 Å². The van der Waals surface area contributed by atoms with Crippen LogP contribution in [0.3, 0.4) is 0 Å². The van der Waals surface area contributed by atoms with E-state index in [1.807, 2.05) is 44.2 Å². The quantitative estimate of drug-likeness (QED) is 0.711. The van der Waals surface area contributed by atoms with Gasteiger partial charge in [0.25, 0.3) is 0 Å². The topological polar surface area (TPSA) is 93.4 Å². The average Bonchev–Trinajstić information content (AvgIpc) is 2.48. The van der Waals surface area contributed by atoms with Crippen LogP contribution in [0.4, 0.5) is 4.79 Å². The summed E-state index contributed by atoms with van der Waals surface area (Å²) in [7, 11) is 0. The molecule has 1 saturated carbocycles. The van der Waals surface area contributed by atoms with Crippen molar-refractivity contribution in [3.8, 4) is 0 Å². The molecule has 1 aliphatic carbocycles. The molecule has 23 heavy (non-hydrogen) atoms. The van der Waals surface area contributed by atoms with Gasteiger partial charge in [0, 0.05) is 18.6 Å². The molecular weight excluding hydrogens is 294 g/mol. The maximum absolute atomic E-state index is 11.7. The van der Waals surface area contributed by atoms with E-state index in [1.165, 1.54) is 0 Å². The van der Waals surface area contributed by atoms with Crippen LogP contribution in [0.25, 0.3) is 0 Å². The lowest BCUT2D eigenvalue weighted by atomic mass is 9.85. The second-order valence-electron chi connectivity index (χ2n) is 6.70. The van der Waals surface area contributed by atoms with Crippen molar-refractivity contribution in [1.82, 2.24) is 10.6 Å². The molecule has 0 aromatic heterocycles. The summed E-state index contributed by atoms with van der Waals surface area (Å²) >= 11 is 0. The number of primary amides is 1. The van der Waals surface area contributed by atoms with Gasteiger partial charge in [-0.25, -0.2) is 4.79 Å². The minimum absolute atomic E-state index is 0.118. The van der Waals surface area contributed by atoms with Crippen LogP contribution in [0, 0.1) is 5.41 Å². The minimum Gasteiger partial charge on any atom is -0.445 e. The summed E-state index contributed by atoms with van der Waals surface area (Å²) < 4.78 is 5.18. The molecule has 0 unspecified atom stereocenters. The second kappa shape index (κ2) is 7.46. The SMILES string of the molecule is CC(C)(CNC1CC(NC(=O)OCc2ccccc2)C1)C(N)=O. The van der Waals surface area contributed by atoms with Crippen molar-refractivity contribution < 1.29 is 14.3 Å². The third-order valence-corrected chi connectivity index (χ3v) is 4.17. The molecule has 6 heteroatoms. The highest BCUT2D eigenvalue weighted by Gasteiger charge is 2.33. The number of carbonyl (C=O) groups is 2. The first-order valence-corrected chi connectivity index (χ1v) is 7.87. The molecule has 0 heterocycles. The number of amides is 2. The Morgan fingerprint density at radius 1 is 1.22 bits per heavy atom. The molecule has 2 amide bonds. The van der Waals surface area contributed by atoms with E-state index in [1.54, 1.807) is 0 Å². The van der Waals surface area contributed by atoms with Crippen LogP contribution in [0.2, 0.25) is 0 Å². The van der Waals surface area contributed by atoms with Crippen molar-refractivity contribution in [3.63, 3.8) is 0 Å². The van der Waals surface area contributed by atoms with Crippen LogP contribution >= 0.6 is 0 Å². The third-order valence-electron chi connectivity index (χ3n) is 4.17. The van der Waals surface area contributed by atoms with Crippen molar-refractivity contribution in [2.24, 2.45) is 11.1 Å².